The van der Waals surface area contributed by atoms with Gasteiger partial charge < -0.3 is 10.5 Å². The maximum atomic E-state index is 11.0. The standard InChI is InChI=1S/C9H15NO2/c1-12-8(11)7(10)6-4-9(5-6)2-3-9/h6-7H,2-5,10H2,1H3/t7-/m0/s1. The summed E-state index contributed by atoms with van der Waals surface area (Å²) in [6, 6.07) is -0.374. The van der Waals surface area contributed by atoms with E-state index in [1.807, 2.05) is 0 Å². The first kappa shape index (κ1) is 8.05. The summed E-state index contributed by atoms with van der Waals surface area (Å²) >= 11 is 0. The Bertz CT molecular complexity index is 203. The molecule has 0 heterocycles. The molecule has 0 unspecified atom stereocenters. The average molecular weight is 169 g/mol. The van der Waals surface area contributed by atoms with Gasteiger partial charge in [-0.15, -0.1) is 0 Å². The van der Waals surface area contributed by atoms with Gasteiger partial charge in [-0.1, -0.05) is 0 Å². The molecule has 2 fully saturated rings. The normalized spacial score (nSPS) is 27.8. The summed E-state index contributed by atoms with van der Waals surface area (Å²) in [5.74, 6) is 0.135. The van der Waals surface area contributed by atoms with E-state index in [4.69, 9.17) is 5.73 Å². The molecule has 0 aliphatic heterocycles. The van der Waals surface area contributed by atoms with Crippen molar-refractivity contribution >= 4 is 5.97 Å². The van der Waals surface area contributed by atoms with E-state index in [0.29, 0.717) is 11.3 Å². The number of nitrogens with two attached hydrogens (primary N) is 1. The Kier molecular flexibility index (Phi) is 1.65. The van der Waals surface area contributed by atoms with Gasteiger partial charge in [-0.05, 0) is 37.0 Å². The fraction of sp³-hybridized carbons (Fsp3) is 0.889. The van der Waals surface area contributed by atoms with E-state index in [2.05, 4.69) is 4.74 Å². The average Bonchev–Trinajstić information content (AvgIpc) is 2.78. The molecule has 68 valence electrons. The SMILES string of the molecule is COC(=O)[C@@H](N)C1CC2(CC2)C1. The van der Waals surface area contributed by atoms with Crippen LogP contribution >= 0.6 is 0 Å². The Balaban J connectivity index is 1.82. The van der Waals surface area contributed by atoms with Crippen molar-refractivity contribution in [1.82, 2.24) is 0 Å². The van der Waals surface area contributed by atoms with Crippen LogP contribution in [0.25, 0.3) is 0 Å². The summed E-state index contributed by atoms with van der Waals surface area (Å²) in [6.45, 7) is 0. The van der Waals surface area contributed by atoms with Crippen LogP contribution in [0.4, 0.5) is 0 Å². The highest BCUT2D eigenvalue weighted by atomic mass is 16.5. The summed E-state index contributed by atoms with van der Waals surface area (Å²) in [4.78, 5) is 11.0. The molecule has 2 aliphatic carbocycles. The fourth-order valence-electron chi connectivity index (χ4n) is 2.22. The minimum absolute atomic E-state index is 0.254. The third kappa shape index (κ3) is 1.12. The molecule has 0 aromatic rings. The minimum Gasteiger partial charge on any atom is -0.468 e. The molecule has 2 aliphatic rings. The number of carbonyl (C=O) groups excluding carboxylic acids is 1. The van der Waals surface area contributed by atoms with Gasteiger partial charge in [-0.3, -0.25) is 4.79 Å². The largest absolute Gasteiger partial charge is 0.468 e. The highest BCUT2D eigenvalue weighted by Gasteiger charge is 2.55. The maximum absolute atomic E-state index is 11.0. The van der Waals surface area contributed by atoms with Gasteiger partial charge in [-0.2, -0.15) is 0 Å². The second-order valence-corrected chi connectivity index (χ2v) is 4.22. The van der Waals surface area contributed by atoms with Gasteiger partial charge >= 0.3 is 5.97 Å². The van der Waals surface area contributed by atoms with Crippen LogP contribution in [0.2, 0.25) is 0 Å². The zero-order valence-corrected chi connectivity index (χ0v) is 7.38. The smallest absolute Gasteiger partial charge is 0.322 e. The van der Waals surface area contributed by atoms with Gasteiger partial charge in [0.25, 0.3) is 0 Å². The molecule has 0 amide bonds. The molecule has 3 heteroatoms. The molecule has 3 nitrogen and oxygen atoms in total. The molecular weight excluding hydrogens is 154 g/mol. The molecule has 0 bridgehead atoms. The molecule has 0 aromatic carbocycles. The van der Waals surface area contributed by atoms with E-state index in [1.165, 1.54) is 20.0 Å². The highest BCUT2D eigenvalue weighted by molar-refractivity contribution is 5.75. The van der Waals surface area contributed by atoms with Crippen LogP contribution in [0.1, 0.15) is 25.7 Å². The van der Waals surface area contributed by atoms with Crippen LogP contribution in [0.5, 0.6) is 0 Å². The van der Waals surface area contributed by atoms with Gasteiger partial charge in [0.2, 0.25) is 0 Å². The Morgan fingerprint density at radius 1 is 1.58 bits per heavy atom. The van der Waals surface area contributed by atoms with Crippen LogP contribution < -0.4 is 5.73 Å². The minimum atomic E-state index is -0.374. The molecule has 12 heavy (non-hydrogen) atoms. The molecule has 0 aromatic heterocycles. The molecule has 2 rings (SSSR count). The maximum Gasteiger partial charge on any atom is 0.322 e. The summed E-state index contributed by atoms with van der Waals surface area (Å²) < 4.78 is 4.59. The number of ether oxygens (including phenoxy) is 1. The van der Waals surface area contributed by atoms with Gasteiger partial charge in [0.15, 0.2) is 0 Å². The van der Waals surface area contributed by atoms with Gasteiger partial charge in [-0.25, -0.2) is 0 Å². The molecule has 1 spiro atoms. The van der Waals surface area contributed by atoms with Crippen molar-refractivity contribution in [3.63, 3.8) is 0 Å². The second-order valence-electron chi connectivity index (χ2n) is 4.22. The van der Waals surface area contributed by atoms with E-state index in [1.54, 1.807) is 0 Å². The molecule has 1 atom stereocenters. The predicted molar refractivity (Wildman–Crippen MR) is 44.4 cm³/mol. The predicted octanol–water partition coefficient (Wildman–Crippen LogP) is 0.677. The van der Waals surface area contributed by atoms with Crippen molar-refractivity contribution in [3.8, 4) is 0 Å². The summed E-state index contributed by atoms with van der Waals surface area (Å²) in [6.07, 6.45) is 4.97. The topological polar surface area (TPSA) is 52.3 Å². The van der Waals surface area contributed by atoms with Crippen LogP contribution in [-0.4, -0.2) is 19.1 Å². The second kappa shape index (κ2) is 2.46. The lowest BCUT2D eigenvalue weighted by molar-refractivity contribution is -0.145. The van der Waals surface area contributed by atoms with Crippen molar-refractivity contribution in [2.24, 2.45) is 17.1 Å². The summed E-state index contributed by atoms with van der Waals surface area (Å²) in [5, 5.41) is 0. The first-order valence-electron chi connectivity index (χ1n) is 4.50. The molecule has 0 saturated heterocycles. The number of hydrogen-bond acceptors (Lipinski definition) is 3. The van der Waals surface area contributed by atoms with Crippen molar-refractivity contribution < 1.29 is 9.53 Å². The number of methoxy groups -OCH3 is 1. The number of hydrogen-bond donors (Lipinski definition) is 1. The lowest BCUT2D eigenvalue weighted by atomic mass is 9.68. The van der Waals surface area contributed by atoms with Crippen molar-refractivity contribution in [1.29, 1.82) is 0 Å². The lowest BCUT2D eigenvalue weighted by Gasteiger charge is -2.38. The van der Waals surface area contributed by atoms with E-state index < -0.39 is 0 Å². The lowest BCUT2D eigenvalue weighted by Crippen LogP contribution is -2.45. The molecule has 2 saturated carbocycles. The Labute approximate surface area is 72.3 Å². The number of esters is 1. The highest BCUT2D eigenvalue weighted by Crippen LogP contribution is 2.63. The quantitative estimate of drug-likeness (QED) is 0.618. The number of rotatable bonds is 2. The van der Waals surface area contributed by atoms with Crippen molar-refractivity contribution in [2.75, 3.05) is 7.11 Å². The van der Waals surface area contributed by atoms with E-state index >= 15 is 0 Å². The Morgan fingerprint density at radius 3 is 2.58 bits per heavy atom. The monoisotopic (exact) mass is 169 g/mol. The fourth-order valence-corrected chi connectivity index (χ4v) is 2.22. The van der Waals surface area contributed by atoms with Crippen LogP contribution in [0, 0.1) is 11.3 Å². The third-order valence-corrected chi connectivity index (χ3v) is 3.33. The van der Waals surface area contributed by atoms with Gasteiger partial charge in [0.1, 0.15) is 6.04 Å². The Morgan fingerprint density at radius 2 is 2.17 bits per heavy atom. The zero-order chi connectivity index (χ0) is 8.77. The van der Waals surface area contributed by atoms with Crippen LogP contribution in [0.15, 0.2) is 0 Å². The summed E-state index contributed by atoms with van der Waals surface area (Å²) in [7, 11) is 1.40. The van der Waals surface area contributed by atoms with Crippen molar-refractivity contribution in [2.45, 2.75) is 31.7 Å². The summed E-state index contributed by atoms with van der Waals surface area (Å²) in [5.41, 5.74) is 6.33. The van der Waals surface area contributed by atoms with Crippen molar-refractivity contribution in [3.05, 3.63) is 0 Å². The first-order chi connectivity index (χ1) is 5.67. The first-order valence-corrected chi connectivity index (χ1v) is 4.50. The zero-order valence-electron chi connectivity index (χ0n) is 7.38. The van der Waals surface area contributed by atoms with E-state index in [-0.39, 0.29) is 12.0 Å². The number of carbonyl (C=O) groups is 1. The van der Waals surface area contributed by atoms with E-state index in [0.717, 1.165) is 12.8 Å². The molecule has 0 radical (unpaired) electrons. The van der Waals surface area contributed by atoms with Crippen LogP contribution in [0.3, 0.4) is 0 Å². The van der Waals surface area contributed by atoms with E-state index in [9.17, 15) is 4.79 Å². The van der Waals surface area contributed by atoms with Crippen LogP contribution in [-0.2, 0) is 9.53 Å². The third-order valence-electron chi connectivity index (χ3n) is 3.33. The van der Waals surface area contributed by atoms with Gasteiger partial charge in [0.05, 0.1) is 7.11 Å². The van der Waals surface area contributed by atoms with Gasteiger partial charge in [0, 0.05) is 0 Å². The molecular formula is C9H15NO2. The Hall–Kier alpha value is -0.570. The molecule has 2 N–H and O–H groups in total.